The number of nitrogens with zero attached hydrogens (tertiary/aromatic N) is 2. The maximum Gasteiger partial charge on any atom is 0.120 e. The molecule has 2 fully saturated rings. The van der Waals surface area contributed by atoms with E-state index in [4.69, 9.17) is 4.74 Å². The van der Waals surface area contributed by atoms with E-state index in [0.717, 1.165) is 38.4 Å². The van der Waals surface area contributed by atoms with Gasteiger partial charge in [0.15, 0.2) is 0 Å². The number of hydrogen-bond acceptors (Lipinski definition) is 5. The predicted molar refractivity (Wildman–Crippen MR) is 114 cm³/mol. The highest BCUT2D eigenvalue weighted by atomic mass is 16.5. The van der Waals surface area contributed by atoms with Gasteiger partial charge in [-0.3, -0.25) is 10.2 Å². The number of benzene rings is 2. The molecule has 0 amide bonds. The monoisotopic (exact) mass is 389 g/mol. The van der Waals surface area contributed by atoms with Crippen molar-refractivity contribution in [3.05, 3.63) is 84.1 Å². The van der Waals surface area contributed by atoms with Crippen LogP contribution in [0.2, 0.25) is 0 Å². The topological polar surface area (TPSA) is 48.0 Å². The highest BCUT2D eigenvalue weighted by Gasteiger charge is 2.41. The summed E-state index contributed by atoms with van der Waals surface area (Å²) in [6, 6.07) is 18.5. The molecule has 3 heterocycles. The van der Waals surface area contributed by atoms with Crippen LogP contribution >= 0.6 is 0 Å². The number of fused-ring (bicyclic) bond motifs is 1. The number of allylic oxidation sites excluding steroid dienone is 2. The van der Waals surface area contributed by atoms with Gasteiger partial charge in [-0.1, -0.05) is 54.6 Å². The Morgan fingerprint density at radius 3 is 2.55 bits per heavy atom. The molecule has 3 aliphatic rings. The molecular formula is C24H27N3O2. The van der Waals surface area contributed by atoms with E-state index in [0.29, 0.717) is 5.75 Å². The summed E-state index contributed by atoms with van der Waals surface area (Å²) in [6.45, 7) is 4.41. The zero-order valence-electron chi connectivity index (χ0n) is 16.4. The molecule has 2 aromatic carbocycles. The van der Waals surface area contributed by atoms with Gasteiger partial charge in [0.2, 0.25) is 0 Å². The number of para-hydroxylation sites is 1. The lowest BCUT2D eigenvalue weighted by atomic mass is 9.98. The highest BCUT2D eigenvalue weighted by molar-refractivity contribution is 5.75. The number of aromatic hydroxyl groups is 1. The van der Waals surface area contributed by atoms with Crippen molar-refractivity contribution in [2.45, 2.75) is 18.2 Å². The lowest BCUT2D eigenvalue weighted by Gasteiger charge is -2.36. The van der Waals surface area contributed by atoms with Crippen LogP contribution in [0.4, 0.5) is 0 Å². The number of phenolic OH excluding ortho intramolecular Hbond substituents is 1. The van der Waals surface area contributed by atoms with Gasteiger partial charge in [0.25, 0.3) is 0 Å². The number of rotatable bonds is 4. The standard InChI is InChI=1S/C24H27N3O2/c28-22-9-5-4-8-20(22)24-21(17-26-12-14-29-15-13-26)27-16-19(10-11-23(27)25-24)18-6-2-1-3-7-18/h1-11,16,21,23-25,28H,12-15,17H2. The molecule has 150 valence electrons. The number of phenols is 1. The summed E-state index contributed by atoms with van der Waals surface area (Å²) in [7, 11) is 0. The predicted octanol–water partition coefficient (Wildman–Crippen LogP) is 2.98. The summed E-state index contributed by atoms with van der Waals surface area (Å²) in [6.07, 6.45) is 6.83. The Morgan fingerprint density at radius 2 is 1.76 bits per heavy atom. The Morgan fingerprint density at radius 1 is 1.00 bits per heavy atom. The Hall–Kier alpha value is -2.60. The zero-order chi connectivity index (χ0) is 19.6. The molecule has 3 atom stereocenters. The minimum Gasteiger partial charge on any atom is -0.508 e. The smallest absolute Gasteiger partial charge is 0.120 e. The molecule has 0 radical (unpaired) electrons. The van der Waals surface area contributed by atoms with E-state index < -0.39 is 0 Å². The van der Waals surface area contributed by atoms with Crippen molar-refractivity contribution in [2.24, 2.45) is 0 Å². The maximum atomic E-state index is 10.5. The lowest BCUT2D eigenvalue weighted by Crippen LogP contribution is -2.46. The molecule has 3 aliphatic heterocycles. The zero-order valence-corrected chi connectivity index (χ0v) is 16.4. The summed E-state index contributed by atoms with van der Waals surface area (Å²) in [5.41, 5.74) is 3.40. The second-order valence-corrected chi connectivity index (χ2v) is 7.89. The molecule has 0 saturated carbocycles. The normalized spacial score (nSPS) is 27.0. The van der Waals surface area contributed by atoms with Crippen LogP contribution in [0, 0.1) is 0 Å². The van der Waals surface area contributed by atoms with E-state index in [1.54, 1.807) is 6.07 Å². The van der Waals surface area contributed by atoms with Gasteiger partial charge >= 0.3 is 0 Å². The van der Waals surface area contributed by atoms with Crippen LogP contribution < -0.4 is 5.32 Å². The minimum absolute atomic E-state index is 0.0556. The van der Waals surface area contributed by atoms with E-state index in [1.807, 2.05) is 24.3 Å². The molecule has 0 aliphatic carbocycles. The molecule has 29 heavy (non-hydrogen) atoms. The summed E-state index contributed by atoms with van der Waals surface area (Å²) in [4.78, 5) is 4.90. The van der Waals surface area contributed by atoms with Crippen molar-refractivity contribution < 1.29 is 9.84 Å². The second-order valence-electron chi connectivity index (χ2n) is 7.89. The molecular weight excluding hydrogens is 362 g/mol. The highest BCUT2D eigenvalue weighted by Crippen LogP contribution is 2.37. The van der Waals surface area contributed by atoms with Gasteiger partial charge in [-0.2, -0.15) is 0 Å². The van der Waals surface area contributed by atoms with Crippen molar-refractivity contribution in [1.29, 1.82) is 0 Å². The van der Waals surface area contributed by atoms with Gasteiger partial charge in [-0.05, 0) is 23.3 Å². The van der Waals surface area contributed by atoms with Crippen molar-refractivity contribution in [3.63, 3.8) is 0 Å². The summed E-state index contributed by atoms with van der Waals surface area (Å²) < 4.78 is 5.54. The van der Waals surface area contributed by atoms with Gasteiger partial charge in [-0.25, -0.2) is 0 Å². The van der Waals surface area contributed by atoms with Crippen LogP contribution in [0.3, 0.4) is 0 Å². The third-order valence-corrected chi connectivity index (χ3v) is 6.11. The van der Waals surface area contributed by atoms with Crippen molar-refractivity contribution in [3.8, 4) is 5.75 Å². The first-order valence-electron chi connectivity index (χ1n) is 10.4. The van der Waals surface area contributed by atoms with Crippen LogP contribution in [-0.2, 0) is 4.74 Å². The molecule has 5 rings (SSSR count). The first-order chi connectivity index (χ1) is 14.3. The molecule has 2 N–H and O–H groups in total. The SMILES string of the molecule is Oc1ccccc1C1NC2C=CC(c3ccccc3)=CN2C1CN1CCOCC1. The first kappa shape index (κ1) is 18.4. The van der Waals surface area contributed by atoms with Crippen molar-refractivity contribution in [2.75, 3.05) is 32.8 Å². The molecule has 0 bridgehead atoms. The lowest BCUT2D eigenvalue weighted by molar-refractivity contribution is 0.0277. The van der Waals surface area contributed by atoms with Crippen LogP contribution in [0.1, 0.15) is 17.2 Å². The summed E-state index contributed by atoms with van der Waals surface area (Å²) in [5, 5.41) is 14.3. The quantitative estimate of drug-likeness (QED) is 0.842. The van der Waals surface area contributed by atoms with Crippen LogP contribution in [-0.4, -0.2) is 60.0 Å². The Kier molecular flexibility index (Phi) is 5.10. The fraction of sp³-hybridized carbons (Fsp3) is 0.333. The molecule has 3 unspecified atom stereocenters. The molecule has 5 heteroatoms. The molecule has 5 nitrogen and oxygen atoms in total. The van der Waals surface area contributed by atoms with E-state index in [1.165, 1.54) is 11.1 Å². The van der Waals surface area contributed by atoms with Crippen molar-refractivity contribution in [1.82, 2.24) is 15.1 Å². The average Bonchev–Trinajstić information content (AvgIpc) is 3.13. The fourth-order valence-corrected chi connectivity index (χ4v) is 4.59. The largest absolute Gasteiger partial charge is 0.508 e. The number of hydrogen-bond donors (Lipinski definition) is 2. The molecule has 2 saturated heterocycles. The summed E-state index contributed by atoms with van der Waals surface area (Å²) >= 11 is 0. The molecule has 0 aromatic heterocycles. The van der Waals surface area contributed by atoms with E-state index >= 15 is 0 Å². The minimum atomic E-state index is 0.0556. The number of nitrogens with one attached hydrogen (secondary N) is 1. The van der Waals surface area contributed by atoms with Crippen molar-refractivity contribution >= 4 is 5.57 Å². The third-order valence-electron chi connectivity index (χ3n) is 6.11. The van der Waals surface area contributed by atoms with Gasteiger partial charge in [0.05, 0.1) is 31.5 Å². The van der Waals surface area contributed by atoms with E-state index in [2.05, 4.69) is 57.7 Å². The van der Waals surface area contributed by atoms with Crippen LogP contribution in [0.15, 0.2) is 72.9 Å². The number of ether oxygens (including phenoxy) is 1. The first-order valence-corrected chi connectivity index (χ1v) is 10.4. The second kappa shape index (κ2) is 8.03. The van der Waals surface area contributed by atoms with E-state index in [-0.39, 0.29) is 18.2 Å². The van der Waals surface area contributed by atoms with Gasteiger partial charge in [0.1, 0.15) is 5.75 Å². The molecule has 2 aromatic rings. The van der Waals surface area contributed by atoms with E-state index in [9.17, 15) is 5.11 Å². The average molecular weight is 389 g/mol. The summed E-state index contributed by atoms with van der Waals surface area (Å²) in [5.74, 6) is 0.355. The number of morpholine rings is 1. The fourth-order valence-electron chi connectivity index (χ4n) is 4.59. The Bertz CT molecular complexity index is 905. The van der Waals surface area contributed by atoms with Gasteiger partial charge in [0, 0.05) is 31.4 Å². The van der Waals surface area contributed by atoms with Gasteiger partial charge in [-0.15, -0.1) is 0 Å². The Labute approximate surface area is 171 Å². The van der Waals surface area contributed by atoms with Crippen LogP contribution in [0.25, 0.3) is 5.57 Å². The maximum absolute atomic E-state index is 10.5. The van der Waals surface area contributed by atoms with Gasteiger partial charge < -0.3 is 14.7 Å². The molecule has 0 spiro atoms. The Balaban J connectivity index is 1.48. The third kappa shape index (κ3) is 3.69. The van der Waals surface area contributed by atoms with Crippen LogP contribution in [0.5, 0.6) is 5.75 Å².